The van der Waals surface area contributed by atoms with Crippen LogP contribution >= 0.6 is 0 Å². The first-order valence-corrected chi connectivity index (χ1v) is 5.42. The third-order valence-electron chi connectivity index (χ3n) is 1.50. The van der Waals surface area contributed by atoms with E-state index in [1.54, 1.807) is 0 Å². The maximum atomic E-state index is 10.9. The number of hydroxylamine groups is 2. The fourth-order valence-corrected chi connectivity index (χ4v) is 1.29. The predicted molar refractivity (Wildman–Crippen MR) is 43.6 cm³/mol. The fraction of sp³-hybridized carbons (Fsp3) is 0.500. The van der Waals surface area contributed by atoms with Gasteiger partial charge in [-0.25, -0.2) is 4.79 Å². The molecule has 0 aliphatic carbocycles. The average Bonchev–Trinajstić information content (AvgIpc) is 2.32. The minimum Gasteiger partial charge on any atom is -0.329 e. The summed E-state index contributed by atoms with van der Waals surface area (Å²) in [6.45, 7) is 0. The van der Waals surface area contributed by atoms with Crippen LogP contribution in [0.2, 0.25) is 0 Å². The van der Waals surface area contributed by atoms with Gasteiger partial charge in [0.1, 0.15) is 0 Å². The lowest BCUT2D eigenvalue weighted by Gasteiger charge is -2.11. The third-order valence-corrected chi connectivity index (χ3v) is 2.10. The number of hydrogen-bond donors (Lipinski definition) is 1. The van der Waals surface area contributed by atoms with E-state index in [-0.39, 0.29) is 17.9 Å². The molecule has 0 saturated carbocycles. The van der Waals surface area contributed by atoms with Gasteiger partial charge in [-0.2, -0.15) is 8.42 Å². The Morgan fingerprint density at radius 3 is 2.20 bits per heavy atom. The van der Waals surface area contributed by atoms with Gasteiger partial charge in [-0.3, -0.25) is 14.1 Å². The second kappa shape index (κ2) is 3.95. The summed E-state index contributed by atoms with van der Waals surface area (Å²) in [6, 6.07) is 0. The second-order valence-corrected chi connectivity index (χ2v) is 4.22. The second-order valence-electron chi connectivity index (χ2n) is 2.77. The lowest BCUT2D eigenvalue weighted by molar-refractivity contribution is -0.195. The van der Waals surface area contributed by atoms with Crippen LogP contribution in [0.4, 0.5) is 0 Å². The topological polar surface area (TPSA) is 118 Å². The van der Waals surface area contributed by atoms with Crippen molar-refractivity contribution in [1.29, 1.82) is 0 Å². The van der Waals surface area contributed by atoms with Gasteiger partial charge in [-0.15, -0.1) is 5.06 Å². The Balaban J connectivity index is 2.59. The lowest BCUT2D eigenvalue weighted by atomic mass is 10.4. The largest absolute Gasteiger partial charge is 0.350 e. The summed E-state index contributed by atoms with van der Waals surface area (Å²) in [5, 5.41) is 0.202. The van der Waals surface area contributed by atoms with Crippen molar-refractivity contribution in [2.45, 2.75) is 12.8 Å². The average molecular weight is 237 g/mol. The summed E-state index contributed by atoms with van der Waals surface area (Å²) in [4.78, 5) is 36.8. The molecule has 2 amide bonds. The number of imide groups is 1. The molecule has 1 rings (SSSR count). The summed E-state index contributed by atoms with van der Waals surface area (Å²) in [7, 11) is -4.52. The molecule has 0 radical (unpaired) electrons. The highest BCUT2D eigenvalue weighted by Crippen LogP contribution is 2.12. The summed E-state index contributed by atoms with van der Waals surface area (Å²) in [6.07, 6.45) is -0.171. The summed E-state index contributed by atoms with van der Waals surface area (Å²) < 4.78 is 28.8. The molecule has 0 bridgehead atoms. The van der Waals surface area contributed by atoms with Crippen molar-refractivity contribution < 1.29 is 32.2 Å². The van der Waals surface area contributed by atoms with E-state index in [0.29, 0.717) is 0 Å². The Hall–Kier alpha value is -1.48. The molecule has 15 heavy (non-hydrogen) atoms. The molecule has 0 aromatic carbocycles. The molecule has 84 valence electrons. The normalized spacial score (nSPS) is 17.0. The van der Waals surface area contributed by atoms with Crippen molar-refractivity contribution in [3.05, 3.63) is 0 Å². The smallest absolute Gasteiger partial charge is 0.329 e. The Kier molecular flexibility index (Phi) is 3.05. The molecular weight excluding hydrogens is 230 g/mol. The molecule has 1 heterocycles. The van der Waals surface area contributed by atoms with Crippen molar-refractivity contribution in [3.63, 3.8) is 0 Å². The number of carbonyl (C=O) groups is 3. The van der Waals surface area contributed by atoms with Crippen LogP contribution in [0, 0.1) is 0 Å². The summed E-state index contributed by atoms with van der Waals surface area (Å²) >= 11 is 0. The lowest BCUT2D eigenvalue weighted by Crippen LogP contribution is -2.34. The number of rotatable bonds is 3. The Morgan fingerprint density at radius 2 is 1.80 bits per heavy atom. The van der Waals surface area contributed by atoms with Gasteiger partial charge in [0, 0.05) is 12.8 Å². The van der Waals surface area contributed by atoms with Crippen LogP contribution in [0.15, 0.2) is 0 Å². The molecule has 0 unspecified atom stereocenters. The number of nitrogens with zero attached hydrogens (tertiary/aromatic N) is 1. The Morgan fingerprint density at radius 1 is 1.33 bits per heavy atom. The van der Waals surface area contributed by atoms with Gasteiger partial charge in [0.25, 0.3) is 21.9 Å². The van der Waals surface area contributed by atoms with Crippen LogP contribution < -0.4 is 0 Å². The molecule has 0 spiro atoms. The van der Waals surface area contributed by atoms with Crippen molar-refractivity contribution in [3.8, 4) is 0 Å². The zero-order valence-corrected chi connectivity index (χ0v) is 8.19. The van der Waals surface area contributed by atoms with E-state index in [9.17, 15) is 22.8 Å². The van der Waals surface area contributed by atoms with Crippen molar-refractivity contribution in [2.75, 3.05) is 5.75 Å². The number of amides is 2. The van der Waals surface area contributed by atoms with E-state index in [0.717, 1.165) is 0 Å². The monoisotopic (exact) mass is 237 g/mol. The molecular formula is C6H7NO7S. The van der Waals surface area contributed by atoms with Gasteiger partial charge in [0.15, 0.2) is 5.75 Å². The van der Waals surface area contributed by atoms with Crippen molar-refractivity contribution in [2.24, 2.45) is 0 Å². The molecule has 1 aliphatic heterocycles. The highest BCUT2D eigenvalue weighted by atomic mass is 32.2. The Labute approximate surface area is 84.5 Å². The van der Waals surface area contributed by atoms with E-state index in [1.807, 2.05) is 0 Å². The summed E-state index contributed by atoms with van der Waals surface area (Å²) in [5.41, 5.74) is 0. The molecule has 0 aromatic rings. The standard InChI is InChI=1S/C6H7NO7S/c8-4-1-2-5(9)7(4)14-6(10)3-15(11,12)13/h1-3H2,(H,11,12,13). The van der Waals surface area contributed by atoms with Crippen LogP contribution in [0.25, 0.3) is 0 Å². The van der Waals surface area contributed by atoms with E-state index < -0.39 is 33.7 Å². The first kappa shape index (κ1) is 11.6. The van der Waals surface area contributed by atoms with E-state index in [1.165, 1.54) is 0 Å². The first-order valence-electron chi connectivity index (χ1n) is 3.81. The highest BCUT2D eigenvalue weighted by molar-refractivity contribution is 7.86. The van der Waals surface area contributed by atoms with Crippen molar-refractivity contribution in [1.82, 2.24) is 5.06 Å². The van der Waals surface area contributed by atoms with E-state index >= 15 is 0 Å². The zero-order valence-electron chi connectivity index (χ0n) is 7.37. The summed E-state index contributed by atoms with van der Waals surface area (Å²) in [5.74, 6) is -4.13. The molecule has 8 nitrogen and oxygen atoms in total. The van der Waals surface area contributed by atoms with Crippen LogP contribution in [-0.2, 0) is 29.3 Å². The van der Waals surface area contributed by atoms with E-state index in [4.69, 9.17) is 4.55 Å². The molecule has 0 atom stereocenters. The third kappa shape index (κ3) is 3.29. The number of carbonyl (C=O) groups excluding carboxylic acids is 3. The molecule has 1 fully saturated rings. The highest BCUT2D eigenvalue weighted by Gasteiger charge is 2.33. The minimum atomic E-state index is -4.52. The van der Waals surface area contributed by atoms with Crippen LogP contribution in [-0.4, -0.2) is 41.6 Å². The van der Waals surface area contributed by atoms with Gasteiger partial charge in [-0.05, 0) is 0 Å². The molecule has 1 aliphatic rings. The van der Waals surface area contributed by atoms with Crippen LogP contribution in [0.5, 0.6) is 0 Å². The van der Waals surface area contributed by atoms with E-state index in [2.05, 4.69) is 4.84 Å². The van der Waals surface area contributed by atoms with Gasteiger partial charge >= 0.3 is 5.97 Å². The Bertz CT molecular complexity index is 395. The van der Waals surface area contributed by atoms with Gasteiger partial charge in [-0.1, -0.05) is 0 Å². The van der Waals surface area contributed by atoms with Gasteiger partial charge in [0.05, 0.1) is 0 Å². The molecule has 0 aromatic heterocycles. The fourth-order valence-electron chi connectivity index (χ4n) is 0.935. The van der Waals surface area contributed by atoms with Crippen LogP contribution in [0.1, 0.15) is 12.8 Å². The minimum absolute atomic E-state index is 0.0853. The van der Waals surface area contributed by atoms with Crippen molar-refractivity contribution >= 4 is 27.9 Å². The van der Waals surface area contributed by atoms with Gasteiger partial charge < -0.3 is 4.84 Å². The SMILES string of the molecule is O=C(CS(=O)(=O)O)ON1C(=O)CCC1=O. The molecule has 1 saturated heterocycles. The predicted octanol–water partition coefficient (Wildman–Crippen LogP) is -1.52. The van der Waals surface area contributed by atoms with Crippen LogP contribution in [0.3, 0.4) is 0 Å². The zero-order chi connectivity index (χ0) is 11.6. The first-order chi connectivity index (χ1) is 6.79. The quantitative estimate of drug-likeness (QED) is 0.467. The number of hydrogen-bond acceptors (Lipinski definition) is 6. The van der Waals surface area contributed by atoms with Gasteiger partial charge in [0.2, 0.25) is 0 Å². The molecule has 1 N–H and O–H groups in total. The maximum absolute atomic E-state index is 10.9. The molecule has 9 heteroatoms. The maximum Gasteiger partial charge on any atom is 0.350 e.